The van der Waals surface area contributed by atoms with Gasteiger partial charge in [0, 0.05) is 0 Å². The number of allylic oxidation sites excluding steroid dienone is 2. The van der Waals surface area contributed by atoms with Gasteiger partial charge in [-0.25, -0.2) is 0 Å². The second-order valence-corrected chi connectivity index (χ2v) is 3.37. The molecule has 0 amide bonds. The maximum atomic E-state index is 11.5. The van der Waals surface area contributed by atoms with Crippen molar-refractivity contribution in [1.29, 1.82) is 0 Å². The van der Waals surface area contributed by atoms with E-state index >= 15 is 0 Å². The van der Waals surface area contributed by atoms with Gasteiger partial charge in [0.05, 0.1) is 7.11 Å². The number of ether oxygens (including phenoxy) is 1. The maximum absolute atomic E-state index is 11.5. The highest BCUT2D eigenvalue weighted by Gasteiger charge is 2.24. The lowest BCUT2D eigenvalue weighted by Crippen LogP contribution is -2.13. The molecule has 1 aromatic carbocycles. The minimum Gasteiger partial charge on any atom is -0.468 e. The Hall–Kier alpha value is -1.83. The molecule has 0 bridgehead atoms. The third-order valence-corrected chi connectivity index (χ3v) is 2.48. The van der Waals surface area contributed by atoms with E-state index in [1.54, 1.807) is 0 Å². The first-order valence-corrected chi connectivity index (χ1v) is 4.84. The smallest absolute Gasteiger partial charge is 0.317 e. The highest BCUT2D eigenvalue weighted by atomic mass is 16.5. The molecule has 0 heterocycles. The van der Waals surface area contributed by atoms with Crippen LogP contribution in [0.25, 0.3) is 5.57 Å². The molecule has 0 aliphatic heterocycles. The summed E-state index contributed by atoms with van der Waals surface area (Å²) in [7, 11) is 1.41. The molecule has 15 heavy (non-hydrogen) atoms. The number of esters is 1. The zero-order valence-electron chi connectivity index (χ0n) is 8.51. The summed E-state index contributed by atoms with van der Waals surface area (Å²) in [6.07, 6.45) is 5.70. The fourth-order valence-electron chi connectivity index (χ4n) is 1.72. The minimum absolute atomic E-state index is 0.209. The van der Waals surface area contributed by atoms with Crippen molar-refractivity contribution in [1.82, 2.24) is 0 Å². The molecule has 1 aromatic rings. The van der Waals surface area contributed by atoms with Crippen LogP contribution in [0.1, 0.15) is 5.56 Å². The monoisotopic (exact) mass is 200 g/mol. The summed E-state index contributed by atoms with van der Waals surface area (Å²) in [5, 5.41) is 0. The summed E-state index contributed by atoms with van der Waals surface area (Å²) >= 11 is 0. The molecule has 0 spiro atoms. The van der Waals surface area contributed by atoms with Crippen molar-refractivity contribution < 1.29 is 9.53 Å². The van der Waals surface area contributed by atoms with Crippen LogP contribution in [0, 0.1) is 5.92 Å². The van der Waals surface area contributed by atoms with Gasteiger partial charge in [0.15, 0.2) is 0 Å². The number of benzene rings is 1. The van der Waals surface area contributed by atoms with Gasteiger partial charge in [-0.2, -0.15) is 0 Å². The zero-order chi connectivity index (χ0) is 10.7. The molecule has 1 aliphatic rings. The molecule has 2 rings (SSSR count). The first kappa shape index (κ1) is 9.71. The van der Waals surface area contributed by atoms with Crippen LogP contribution in [0.2, 0.25) is 0 Å². The summed E-state index contributed by atoms with van der Waals surface area (Å²) in [4.78, 5) is 11.5. The van der Waals surface area contributed by atoms with E-state index in [2.05, 4.69) is 0 Å². The molecule has 1 atom stereocenters. The molecule has 2 heteroatoms. The van der Waals surface area contributed by atoms with E-state index in [9.17, 15) is 4.79 Å². The number of methoxy groups -OCH3 is 1. The average Bonchev–Trinajstić information content (AvgIpc) is 2.78. The van der Waals surface area contributed by atoms with Gasteiger partial charge in [-0.15, -0.1) is 0 Å². The molecule has 0 fully saturated rings. The van der Waals surface area contributed by atoms with E-state index < -0.39 is 0 Å². The number of carbonyl (C=O) groups excluding carboxylic acids is 1. The van der Waals surface area contributed by atoms with Crippen molar-refractivity contribution in [2.24, 2.45) is 5.92 Å². The maximum Gasteiger partial charge on any atom is 0.317 e. The number of carbonyl (C=O) groups is 1. The second-order valence-electron chi connectivity index (χ2n) is 3.37. The topological polar surface area (TPSA) is 26.3 Å². The van der Waals surface area contributed by atoms with Crippen molar-refractivity contribution in [3.63, 3.8) is 0 Å². The number of rotatable bonds is 2. The standard InChI is InChI=1S/C13H12O2/c1-15-13(14)12-9-5-8-11(12)10-6-3-2-4-7-10/h2-9,12H,1H3. The van der Waals surface area contributed by atoms with Crippen molar-refractivity contribution in [2.45, 2.75) is 0 Å². The molecule has 0 saturated carbocycles. The second kappa shape index (κ2) is 4.13. The Morgan fingerprint density at radius 2 is 2.00 bits per heavy atom. The van der Waals surface area contributed by atoms with Gasteiger partial charge in [0.25, 0.3) is 0 Å². The van der Waals surface area contributed by atoms with E-state index in [-0.39, 0.29) is 11.9 Å². The lowest BCUT2D eigenvalue weighted by atomic mass is 9.96. The van der Waals surface area contributed by atoms with Crippen LogP contribution in [-0.2, 0) is 9.53 Å². The third-order valence-electron chi connectivity index (χ3n) is 2.48. The third kappa shape index (κ3) is 1.84. The molecule has 2 nitrogen and oxygen atoms in total. The summed E-state index contributed by atoms with van der Waals surface area (Å²) in [6, 6.07) is 9.87. The molecule has 0 aromatic heterocycles. The molecule has 76 valence electrons. The Bertz CT molecular complexity index is 415. The lowest BCUT2D eigenvalue weighted by Gasteiger charge is -2.11. The predicted molar refractivity (Wildman–Crippen MR) is 59.1 cm³/mol. The van der Waals surface area contributed by atoms with E-state index in [1.165, 1.54) is 7.11 Å². The molecular formula is C13H12O2. The summed E-state index contributed by atoms with van der Waals surface area (Å²) in [5.41, 5.74) is 2.07. The van der Waals surface area contributed by atoms with Crippen LogP contribution in [-0.4, -0.2) is 13.1 Å². The van der Waals surface area contributed by atoms with Gasteiger partial charge in [-0.3, -0.25) is 4.79 Å². The quantitative estimate of drug-likeness (QED) is 0.685. The molecule has 0 saturated heterocycles. The molecular weight excluding hydrogens is 188 g/mol. The Balaban J connectivity index is 2.28. The van der Waals surface area contributed by atoms with Crippen LogP contribution >= 0.6 is 0 Å². The van der Waals surface area contributed by atoms with Crippen LogP contribution in [0.15, 0.2) is 48.6 Å². The Morgan fingerprint density at radius 1 is 1.27 bits per heavy atom. The molecule has 1 unspecified atom stereocenters. The fourth-order valence-corrected chi connectivity index (χ4v) is 1.72. The SMILES string of the molecule is COC(=O)C1C=CC=C1c1ccccc1. The van der Waals surface area contributed by atoms with Crippen LogP contribution in [0.3, 0.4) is 0 Å². The van der Waals surface area contributed by atoms with Gasteiger partial charge >= 0.3 is 5.97 Å². The Kier molecular flexibility index (Phi) is 2.68. The highest BCUT2D eigenvalue weighted by Crippen LogP contribution is 2.29. The van der Waals surface area contributed by atoms with Gasteiger partial charge in [0.1, 0.15) is 5.92 Å². The van der Waals surface area contributed by atoms with E-state index in [0.717, 1.165) is 11.1 Å². The summed E-state index contributed by atoms with van der Waals surface area (Å²) < 4.78 is 4.75. The molecule has 1 aliphatic carbocycles. The normalized spacial score (nSPS) is 18.7. The molecule has 0 N–H and O–H groups in total. The number of hydrogen-bond donors (Lipinski definition) is 0. The van der Waals surface area contributed by atoms with Crippen molar-refractivity contribution in [2.75, 3.05) is 7.11 Å². The largest absolute Gasteiger partial charge is 0.468 e. The predicted octanol–water partition coefficient (Wildman–Crippen LogP) is 2.43. The number of hydrogen-bond acceptors (Lipinski definition) is 2. The van der Waals surface area contributed by atoms with Crippen molar-refractivity contribution in [3.8, 4) is 0 Å². The highest BCUT2D eigenvalue weighted by molar-refractivity contribution is 5.92. The Labute approximate surface area is 88.9 Å². The van der Waals surface area contributed by atoms with Crippen LogP contribution < -0.4 is 0 Å². The van der Waals surface area contributed by atoms with Gasteiger partial charge in [-0.1, -0.05) is 48.6 Å². The first-order valence-electron chi connectivity index (χ1n) is 4.84. The van der Waals surface area contributed by atoms with Crippen molar-refractivity contribution in [3.05, 3.63) is 54.1 Å². The lowest BCUT2D eigenvalue weighted by molar-refractivity contribution is -0.141. The van der Waals surface area contributed by atoms with Crippen LogP contribution in [0.5, 0.6) is 0 Å². The van der Waals surface area contributed by atoms with Gasteiger partial charge in [0.2, 0.25) is 0 Å². The van der Waals surface area contributed by atoms with Crippen LogP contribution in [0.4, 0.5) is 0 Å². The average molecular weight is 200 g/mol. The van der Waals surface area contributed by atoms with E-state index in [4.69, 9.17) is 4.74 Å². The van der Waals surface area contributed by atoms with Gasteiger partial charge < -0.3 is 4.74 Å². The molecule has 0 radical (unpaired) electrons. The van der Waals surface area contributed by atoms with E-state index in [1.807, 2.05) is 48.6 Å². The minimum atomic E-state index is -0.252. The zero-order valence-corrected chi connectivity index (χ0v) is 8.51. The van der Waals surface area contributed by atoms with E-state index in [0.29, 0.717) is 0 Å². The van der Waals surface area contributed by atoms with Crippen molar-refractivity contribution >= 4 is 11.5 Å². The summed E-state index contributed by atoms with van der Waals surface area (Å²) in [5.74, 6) is -0.462. The first-order chi connectivity index (χ1) is 7.33. The van der Waals surface area contributed by atoms with Gasteiger partial charge in [-0.05, 0) is 11.1 Å². The fraction of sp³-hybridized carbons (Fsp3) is 0.154. The Morgan fingerprint density at radius 3 is 2.67 bits per heavy atom. The summed E-state index contributed by atoms with van der Waals surface area (Å²) in [6.45, 7) is 0.